The molecule has 1 unspecified atom stereocenters. The Hall–Kier alpha value is -0.610. The first-order valence-electron chi connectivity index (χ1n) is 13.1. The van der Waals surface area contributed by atoms with Crippen molar-refractivity contribution in [2.24, 2.45) is 5.92 Å². The van der Waals surface area contributed by atoms with Gasteiger partial charge in [-0.25, -0.2) is 0 Å². The van der Waals surface area contributed by atoms with Crippen LogP contribution in [0.4, 0.5) is 0 Å². The summed E-state index contributed by atoms with van der Waals surface area (Å²) in [5.74, 6) is 0.420. The zero-order chi connectivity index (χ0) is 22.1. The highest BCUT2D eigenvalue weighted by Gasteiger charge is 2.09. The number of ether oxygens (including phenoxy) is 3. The average molecular weight is 429 g/mol. The molecule has 1 atom stereocenters. The zero-order valence-corrected chi connectivity index (χ0v) is 20.6. The number of carbonyl (C=O) groups excluding carboxylic acids is 1. The molecule has 30 heavy (non-hydrogen) atoms. The molecule has 0 saturated heterocycles. The molecule has 0 aliphatic carbocycles. The molecule has 0 aromatic carbocycles. The van der Waals surface area contributed by atoms with Crippen LogP contribution in [0.1, 0.15) is 124 Å². The van der Waals surface area contributed by atoms with E-state index in [0.29, 0.717) is 38.8 Å². The molecule has 0 heterocycles. The molecule has 0 bridgehead atoms. The molecule has 0 rings (SSSR count). The van der Waals surface area contributed by atoms with Gasteiger partial charge in [-0.1, -0.05) is 97.8 Å². The monoisotopic (exact) mass is 428 g/mol. The van der Waals surface area contributed by atoms with Crippen LogP contribution in [0.5, 0.6) is 0 Å². The maximum Gasteiger partial charge on any atom is 0.305 e. The van der Waals surface area contributed by atoms with E-state index >= 15 is 0 Å². The largest absolute Gasteiger partial charge is 0.465 e. The number of hydrogen-bond acceptors (Lipinski definition) is 4. The molecule has 180 valence electrons. The molecular formula is C26H52O4. The third-order valence-corrected chi connectivity index (χ3v) is 5.71. The lowest BCUT2D eigenvalue weighted by Crippen LogP contribution is -2.14. The van der Waals surface area contributed by atoms with Gasteiger partial charge in [0.15, 0.2) is 0 Å². The molecule has 0 aliphatic heterocycles. The minimum absolute atomic E-state index is 0.0919. The molecule has 0 spiro atoms. The molecule has 0 aromatic rings. The van der Waals surface area contributed by atoms with E-state index in [0.717, 1.165) is 32.3 Å². The number of carbonyl (C=O) groups is 1. The first-order chi connectivity index (χ1) is 14.7. The van der Waals surface area contributed by atoms with E-state index < -0.39 is 0 Å². The Bertz CT molecular complexity index is 346. The maximum absolute atomic E-state index is 11.8. The number of hydrogen-bond donors (Lipinski definition) is 0. The normalized spacial score (nSPS) is 12.2. The first kappa shape index (κ1) is 29.4. The molecule has 0 radical (unpaired) electrons. The van der Waals surface area contributed by atoms with Gasteiger partial charge in [0.25, 0.3) is 0 Å². The van der Waals surface area contributed by atoms with Crippen LogP contribution >= 0.6 is 0 Å². The van der Waals surface area contributed by atoms with Gasteiger partial charge in [0.1, 0.15) is 0 Å². The highest BCUT2D eigenvalue weighted by atomic mass is 16.5. The molecule has 4 nitrogen and oxygen atoms in total. The lowest BCUT2D eigenvalue weighted by molar-refractivity contribution is -0.145. The highest BCUT2D eigenvalue weighted by Crippen LogP contribution is 2.13. The van der Waals surface area contributed by atoms with Crippen LogP contribution < -0.4 is 0 Å². The Morgan fingerprint density at radius 2 is 1.17 bits per heavy atom. The van der Waals surface area contributed by atoms with Gasteiger partial charge < -0.3 is 14.2 Å². The van der Waals surface area contributed by atoms with Crippen LogP contribution in [0, 0.1) is 5.92 Å². The number of unbranched alkanes of at least 4 members (excludes halogenated alkanes) is 10. The SMILES string of the molecule is CCCCCCCCCCCCOCCOCCCC(=O)OCC(CC)CCCC. The summed E-state index contributed by atoms with van der Waals surface area (Å²) in [7, 11) is 0. The average Bonchev–Trinajstić information content (AvgIpc) is 2.76. The molecule has 0 N–H and O–H groups in total. The van der Waals surface area contributed by atoms with E-state index in [1.54, 1.807) is 0 Å². The van der Waals surface area contributed by atoms with Crippen molar-refractivity contribution < 1.29 is 19.0 Å². The van der Waals surface area contributed by atoms with Crippen LogP contribution in [-0.4, -0.2) is 39.0 Å². The summed E-state index contributed by atoms with van der Waals surface area (Å²) in [6.07, 6.45) is 19.3. The fourth-order valence-corrected chi connectivity index (χ4v) is 3.51. The van der Waals surface area contributed by atoms with Crippen molar-refractivity contribution in [2.75, 3.05) is 33.0 Å². The van der Waals surface area contributed by atoms with Crippen LogP contribution in [0.25, 0.3) is 0 Å². The summed E-state index contributed by atoms with van der Waals surface area (Å²) >= 11 is 0. The Morgan fingerprint density at radius 3 is 1.73 bits per heavy atom. The van der Waals surface area contributed by atoms with E-state index in [-0.39, 0.29) is 5.97 Å². The standard InChI is InChI=1S/C26H52O4/c1-4-7-9-10-11-12-13-14-15-16-20-28-22-23-29-21-17-19-26(27)30-24-25(6-3)18-8-5-2/h25H,4-24H2,1-3H3. The van der Waals surface area contributed by atoms with Crippen molar-refractivity contribution in [1.29, 1.82) is 0 Å². The third-order valence-electron chi connectivity index (χ3n) is 5.71. The summed E-state index contributed by atoms with van der Waals surface area (Å²) in [6, 6.07) is 0. The molecule has 0 aromatic heterocycles. The summed E-state index contributed by atoms with van der Waals surface area (Å²) in [5.41, 5.74) is 0. The molecule has 4 heteroatoms. The lowest BCUT2D eigenvalue weighted by Gasteiger charge is -2.14. The van der Waals surface area contributed by atoms with Crippen molar-refractivity contribution in [3.8, 4) is 0 Å². The van der Waals surface area contributed by atoms with Crippen LogP contribution in [0.3, 0.4) is 0 Å². The first-order valence-corrected chi connectivity index (χ1v) is 13.1. The van der Waals surface area contributed by atoms with E-state index in [1.807, 2.05) is 0 Å². The van der Waals surface area contributed by atoms with Crippen molar-refractivity contribution in [1.82, 2.24) is 0 Å². The summed E-state index contributed by atoms with van der Waals surface area (Å²) < 4.78 is 16.6. The van der Waals surface area contributed by atoms with Crippen molar-refractivity contribution in [3.63, 3.8) is 0 Å². The molecule has 0 fully saturated rings. The van der Waals surface area contributed by atoms with Crippen LogP contribution in [-0.2, 0) is 19.0 Å². The van der Waals surface area contributed by atoms with Crippen LogP contribution in [0.15, 0.2) is 0 Å². The Kier molecular flexibility index (Phi) is 24.2. The van der Waals surface area contributed by atoms with E-state index in [9.17, 15) is 4.79 Å². The minimum Gasteiger partial charge on any atom is -0.465 e. The van der Waals surface area contributed by atoms with Gasteiger partial charge in [-0.15, -0.1) is 0 Å². The van der Waals surface area contributed by atoms with Gasteiger partial charge in [0.2, 0.25) is 0 Å². The zero-order valence-electron chi connectivity index (χ0n) is 20.6. The van der Waals surface area contributed by atoms with Crippen molar-refractivity contribution >= 4 is 5.97 Å². The second kappa shape index (κ2) is 24.7. The smallest absolute Gasteiger partial charge is 0.305 e. The lowest BCUT2D eigenvalue weighted by atomic mass is 10.0. The van der Waals surface area contributed by atoms with Gasteiger partial charge in [0.05, 0.1) is 19.8 Å². The summed E-state index contributed by atoms with van der Waals surface area (Å²) in [6.45, 7) is 9.90. The molecule has 0 aliphatic rings. The fraction of sp³-hybridized carbons (Fsp3) is 0.962. The quantitative estimate of drug-likeness (QED) is 0.118. The van der Waals surface area contributed by atoms with Gasteiger partial charge >= 0.3 is 5.97 Å². The third kappa shape index (κ3) is 22.1. The van der Waals surface area contributed by atoms with Crippen molar-refractivity contribution in [3.05, 3.63) is 0 Å². The van der Waals surface area contributed by atoms with E-state index in [4.69, 9.17) is 14.2 Å². The van der Waals surface area contributed by atoms with Gasteiger partial charge in [-0.05, 0) is 25.2 Å². The molecule has 0 amide bonds. The second-order valence-electron chi connectivity index (χ2n) is 8.61. The summed E-state index contributed by atoms with van der Waals surface area (Å²) in [5, 5.41) is 0. The number of rotatable bonds is 24. The topological polar surface area (TPSA) is 44.8 Å². The van der Waals surface area contributed by atoms with E-state index in [1.165, 1.54) is 70.6 Å². The van der Waals surface area contributed by atoms with Gasteiger partial charge in [-0.3, -0.25) is 4.79 Å². The predicted octanol–water partition coefficient (Wildman–Crippen LogP) is 7.48. The van der Waals surface area contributed by atoms with Crippen LogP contribution in [0.2, 0.25) is 0 Å². The van der Waals surface area contributed by atoms with Gasteiger partial charge in [-0.2, -0.15) is 0 Å². The number of esters is 1. The fourth-order valence-electron chi connectivity index (χ4n) is 3.51. The minimum atomic E-state index is -0.0919. The highest BCUT2D eigenvalue weighted by molar-refractivity contribution is 5.69. The molecular weight excluding hydrogens is 376 g/mol. The summed E-state index contributed by atoms with van der Waals surface area (Å²) in [4.78, 5) is 11.8. The van der Waals surface area contributed by atoms with E-state index in [2.05, 4.69) is 20.8 Å². The molecule has 0 saturated carbocycles. The Balaban J connectivity index is 3.24. The van der Waals surface area contributed by atoms with Gasteiger partial charge in [0, 0.05) is 19.6 Å². The van der Waals surface area contributed by atoms with Crippen molar-refractivity contribution in [2.45, 2.75) is 124 Å². The second-order valence-corrected chi connectivity index (χ2v) is 8.61. The maximum atomic E-state index is 11.8. The predicted molar refractivity (Wildman–Crippen MR) is 127 cm³/mol. The Labute approximate surface area is 187 Å². The Morgan fingerprint density at radius 1 is 0.633 bits per heavy atom.